The summed E-state index contributed by atoms with van der Waals surface area (Å²) in [5.74, 6) is 2.12. The highest BCUT2D eigenvalue weighted by atomic mass is 35.5. The Balaban J connectivity index is 0.000000190. The molecule has 0 atom stereocenters. The lowest BCUT2D eigenvalue weighted by Gasteiger charge is -2.28. The molecule has 0 unspecified atom stereocenters. The van der Waals surface area contributed by atoms with Crippen molar-refractivity contribution in [2.75, 3.05) is 41.8 Å². The molecule has 0 aliphatic carbocycles. The zero-order chi connectivity index (χ0) is 38.8. The molecule has 4 aromatic carbocycles. The molecule has 1 saturated heterocycles. The van der Waals surface area contributed by atoms with Gasteiger partial charge in [0.1, 0.15) is 34.1 Å². The summed E-state index contributed by atoms with van der Waals surface area (Å²) in [5.41, 5.74) is 2.77. The first-order valence-corrected chi connectivity index (χ1v) is 16.9. The third-order valence-corrected chi connectivity index (χ3v) is 7.72. The van der Waals surface area contributed by atoms with E-state index in [0.29, 0.717) is 61.0 Å². The Bertz CT molecular complexity index is 2140. The van der Waals surface area contributed by atoms with Crippen molar-refractivity contribution in [2.45, 2.75) is 12.7 Å². The van der Waals surface area contributed by atoms with Crippen molar-refractivity contribution in [1.29, 1.82) is 0 Å². The fraction of sp³-hybridized carbons (Fsp3) is 0.158. The lowest BCUT2D eigenvalue weighted by molar-refractivity contribution is -0.275. The SMILES string of the molecule is FC(F)(F)Oc1ccc(Nc2cc(Cl)nc(-c3ccccc3)n2)cc1.FC(F)(F)Oc1ccc(Nc2cc(N3CCOCC3)nc(-c3ccccc3)n2)cc1. The van der Waals surface area contributed by atoms with Crippen LogP contribution in [0.2, 0.25) is 5.15 Å². The molecule has 0 bridgehead atoms. The Morgan fingerprint density at radius 2 is 1.00 bits per heavy atom. The molecule has 7 rings (SSSR count). The Labute approximate surface area is 315 Å². The van der Waals surface area contributed by atoms with E-state index in [9.17, 15) is 26.3 Å². The topological polar surface area (TPSA) is 107 Å². The van der Waals surface area contributed by atoms with Gasteiger partial charge in [0.05, 0.1) is 13.2 Å². The van der Waals surface area contributed by atoms with E-state index in [1.807, 2.05) is 66.7 Å². The van der Waals surface area contributed by atoms with E-state index in [0.717, 1.165) is 16.9 Å². The number of halogens is 7. The minimum atomic E-state index is -4.72. The number of rotatable bonds is 9. The maximum absolute atomic E-state index is 12.3. The molecule has 0 spiro atoms. The minimum Gasteiger partial charge on any atom is -0.406 e. The summed E-state index contributed by atoms with van der Waals surface area (Å²) >= 11 is 6.03. The molecule has 0 saturated carbocycles. The third kappa shape index (κ3) is 11.9. The molecule has 0 amide bonds. The molecule has 1 aliphatic heterocycles. The van der Waals surface area contributed by atoms with Crippen LogP contribution in [0.1, 0.15) is 0 Å². The zero-order valence-corrected chi connectivity index (χ0v) is 29.2. The van der Waals surface area contributed by atoms with Crippen LogP contribution in [0, 0.1) is 0 Å². The second-order valence-electron chi connectivity index (χ2n) is 11.6. The van der Waals surface area contributed by atoms with Crippen LogP contribution in [0.5, 0.6) is 11.5 Å². The number of hydrogen-bond acceptors (Lipinski definition) is 10. The summed E-state index contributed by atoms with van der Waals surface area (Å²) in [7, 11) is 0. The van der Waals surface area contributed by atoms with Crippen LogP contribution in [0.15, 0.2) is 121 Å². The first kappa shape index (κ1) is 38.6. The van der Waals surface area contributed by atoms with Gasteiger partial charge in [0, 0.05) is 47.7 Å². The summed E-state index contributed by atoms with van der Waals surface area (Å²) in [6.45, 7) is 2.67. The number of morpholine rings is 1. The number of aromatic nitrogens is 4. The van der Waals surface area contributed by atoms with Crippen LogP contribution in [0.25, 0.3) is 22.8 Å². The van der Waals surface area contributed by atoms with E-state index in [4.69, 9.17) is 21.3 Å². The lowest BCUT2D eigenvalue weighted by atomic mass is 10.2. The maximum atomic E-state index is 12.3. The fourth-order valence-corrected chi connectivity index (χ4v) is 5.33. The molecule has 6 aromatic rings. The number of nitrogens with one attached hydrogen (secondary N) is 2. The average Bonchev–Trinajstić information content (AvgIpc) is 3.16. The van der Waals surface area contributed by atoms with Crippen molar-refractivity contribution in [3.8, 4) is 34.3 Å². The van der Waals surface area contributed by atoms with E-state index in [-0.39, 0.29) is 16.7 Å². The Kier molecular flexibility index (Phi) is 12.2. The second-order valence-corrected chi connectivity index (χ2v) is 11.9. The van der Waals surface area contributed by atoms with Gasteiger partial charge in [-0.25, -0.2) is 19.9 Å². The molecule has 0 radical (unpaired) electrons. The van der Waals surface area contributed by atoms with Gasteiger partial charge in [-0.2, -0.15) is 0 Å². The molecule has 55 heavy (non-hydrogen) atoms. The van der Waals surface area contributed by atoms with Gasteiger partial charge in [0.2, 0.25) is 0 Å². The van der Waals surface area contributed by atoms with E-state index in [1.165, 1.54) is 54.6 Å². The van der Waals surface area contributed by atoms with Gasteiger partial charge in [-0.05, 0) is 48.5 Å². The molecule has 1 fully saturated rings. The summed E-state index contributed by atoms with van der Waals surface area (Å²) in [6, 6.07) is 33.0. The quantitative estimate of drug-likeness (QED) is 0.109. The Morgan fingerprint density at radius 3 is 1.45 bits per heavy atom. The summed E-state index contributed by atoms with van der Waals surface area (Å²) in [4.78, 5) is 19.9. The molecular weight excluding hydrogens is 752 g/mol. The van der Waals surface area contributed by atoms with Gasteiger partial charge in [-0.15, -0.1) is 26.3 Å². The zero-order valence-electron chi connectivity index (χ0n) is 28.5. The highest BCUT2D eigenvalue weighted by Gasteiger charge is 2.31. The second kappa shape index (κ2) is 17.3. The number of benzene rings is 4. The highest BCUT2D eigenvalue weighted by Crippen LogP contribution is 2.29. The Morgan fingerprint density at radius 1 is 0.564 bits per heavy atom. The highest BCUT2D eigenvalue weighted by molar-refractivity contribution is 6.29. The van der Waals surface area contributed by atoms with Crippen molar-refractivity contribution in [1.82, 2.24) is 19.9 Å². The summed E-state index contributed by atoms with van der Waals surface area (Å²) in [6.07, 6.45) is -9.45. The van der Waals surface area contributed by atoms with Crippen LogP contribution >= 0.6 is 11.6 Å². The molecule has 3 heterocycles. The number of ether oxygens (including phenoxy) is 3. The number of alkyl halides is 6. The van der Waals surface area contributed by atoms with Gasteiger partial charge < -0.3 is 29.7 Å². The van der Waals surface area contributed by atoms with Crippen LogP contribution in [0.3, 0.4) is 0 Å². The van der Waals surface area contributed by atoms with Gasteiger partial charge in [-0.3, -0.25) is 0 Å². The van der Waals surface area contributed by atoms with Gasteiger partial charge in [-0.1, -0.05) is 72.3 Å². The normalized spacial score (nSPS) is 13.0. The van der Waals surface area contributed by atoms with Crippen molar-refractivity contribution in [3.05, 3.63) is 126 Å². The lowest BCUT2D eigenvalue weighted by Crippen LogP contribution is -2.36. The minimum absolute atomic E-state index is 0.244. The Hall–Kier alpha value is -6.13. The van der Waals surface area contributed by atoms with E-state index in [2.05, 4.69) is 40.0 Å². The molecule has 1 aliphatic rings. The van der Waals surface area contributed by atoms with E-state index >= 15 is 0 Å². The standard InChI is InChI=1S/C21H19F3N4O2.C17H11ClF3N3O/c22-21(23,24)30-17-8-6-16(7-9-17)25-18-14-19(28-10-12-29-13-11-28)27-20(26-18)15-4-2-1-3-5-15;18-14-10-15(24-16(23-14)11-4-2-1-3-5-11)22-12-6-8-13(9-7-12)25-17(19,20)21/h1-9,14H,10-13H2,(H,25,26,27);1-10H,(H,22,23,24). The predicted molar refractivity (Wildman–Crippen MR) is 196 cm³/mol. The summed E-state index contributed by atoms with van der Waals surface area (Å²) in [5, 5.41) is 6.35. The van der Waals surface area contributed by atoms with Crippen molar-refractivity contribution >= 4 is 40.4 Å². The van der Waals surface area contributed by atoms with Gasteiger partial charge >= 0.3 is 12.7 Å². The molecule has 2 aromatic heterocycles. The monoisotopic (exact) mass is 781 g/mol. The van der Waals surface area contributed by atoms with E-state index < -0.39 is 12.7 Å². The fourth-order valence-electron chi connectivity index (χ4n) is 5.14. The number of anilines is 5. The van der Waals surface area contributed by atoms with Gasteiger partial charge in [0.15, 0.2) is 11.6 Å². The average molecular weight is 782 g/mol. The van der Waals surface area contributed by atoms with Crippen molar-refractivity contribution in [3.63, 3.8) is 0 Å². The largest absolute Gasteiger partial charge is 0.573 e. The van der Waals surface area contributed by atoms with E-state index in [1.54, 1.807) is 0 Å². The van der Waals surface area contributed by atoms with Crippen LogP contribution in [-0.2, 0) is 4.74 Å². The van der Waals surface area contributed by atoms with Crippen LogP contribution in [-0.4, -0.2) is 59.0 Å². The number of nitrogens with zero attached hydrogens (tertiary/aromatic N) is 5. The van der Waals surface area contributed by atoms with Crippen molar-refractivity contribution < 1.29 is 40.6 Å². The van der Waals surface area contributed by atoms with Crippen LogP contribution < -0.4 is 25.0 Å². The molecule has 2 N–H and O–H groups in total. The first-order chi connectivity index (χ1) is 26.3. The first-order valence-electron chi connectivity index (χ1n) is 16.5. The smallest absolute Gasteiger partial charge is 0.406 e. The molecule has 284 valence electrons. The summed E-state index contributed by atoms with van der Waals surface area (Å²) < 4.78 is 86.7. The molecule has 17 heteroatoms. The van der Waals surface area contributed by atoms with Crippen LogP contribution in [0.4, 0.5) is 55.2 Å². The number of hydrogen-bond donors (Lipinski definition) is 2. The van der Waals surface area contributed by atoms with Crippen molar-refractivity contribution in [2.24, 2.45) is 0 Å². The van der Waals surface area contributed by atoms with Gasteiger partial charge in [0.25, 0.3) is 0 Å². The maximum Gasteiger partial charge on any atom is 0.573 e. The molecular formula is C38H30ClF6N7O3. The predicted octanol–water partition coefficient (Wildman–Crippen LogP) is 10.1. The third-order valence-electron chi connectivity index (χ3n) is 7.53. The molecule has 10 nitrogen and oxygen atoms in total.